The first-order chi connectivity index (χ1) is 9.83. The van der Waals surface area contributed by atoms with Crippen LogP contribution in [0.4, 0.5) is 0 Å². The van der Waals surface area contributed by atoms with Crippen LogP contribution < -0.4 is 5.32 Å². The van der Waals surface area contributed by atoms with Crippen molar-refractivity contribution in [1.82, 2.24) is 4.98 Å². The summed E-state index contributed by atoms with van der Waals surface area (Å²) < 4.78 is 0. The van der Waals surface area contributed by atoms with E-state index in [0.29, 0.717) is 0 Å². The zero-order valence-electron chi connectivity index (χ0n) is 11.3. The number of nitrogens with two attached hydrogens (primary N) is 1. The van der Waals surface area contributed by atoms with E-state index < -0.39 is 0 Å². The Bertz CT molecular complexity index is 686. The summed E-state index contributed by atoms with van der Waals surface area (Å²) in [4.78, 5) is 3.32. The normalized spacial score (nSPS) is 11.1. The van der Waals surface area contributed by atoms with E-state index in [2.05, 4.69) is 52.9 Å². The summed E-state index contributed by atoms with van der Waals surface area (Å²) in [6, 6.07) is 16.5. The van der Waals surface area contributed by atoms with Gasteiger partial charge in [-0.3, -0.25) is 0 Å². The SMILES string of the molecule is Clc1ccc(C[NH2+]CCc2c[nH]c3ccccc23)cc1. The molecule has 0 unspecified atom stereocenters. The summed E-state index contributed by atoms with van der Waals surface area (Å²) in [5.41, 5.74) is 3.93. The van der Waals surface area contributed by atoms with Crippen LogP contribution in [0.2, 0.25) is 5.02 Å². The second kappa shape index (κ2) is 6.12. The fraction of sp³-hybridized carbons (Fsp3) is 0.176. The van der Waals surface area contributed by atoms with Crippen LogP contribution in [0.3, 0.4) is 0 Å². The number of fused-ring (bicyclic) bond motifs is 1. The first-order valence-corrected chi connectivity index (χ1v) is 7.32. The van der Waals surface area contributed by atoms with Crippen molar-refractivity contribution in [2.24, 2.45) is 0 Å². The van der Waals surface area contributed by atoms with Crippen LogP contribution in [0.25, 0.3) is 10.9 Å². The third kappa shape index (κ3) is 3.03. The number of aromatic nitrogens is 1. The number of para-hydroxylation sites is 1. The van der Waals surface area contributed by atoms with Crippen molar-refractivity contribution in [3.63, 3.8) is 0 Å². The van der Waals surface area contributed by atoms with Gasteiger partial charge in [0.15, 0.2) is 0 Å². The second-order valence-corrected chi connectivity index (χ2v) is 5.45. The van der Waals surface area contributed by atoms with Crippen molar-refractivity contribution in [3.8, 4) is 0 Å². The highest BCUT2D eigenvalue weighted by Crippen LogP contribution is 2.17. The van der Waals surface area contributed by atoms with Crippen LogP contribution in [-0.4, -0.2) is 11.5 Å². The molecule has 0 saturated carbocycles. The minimum atomic E-state index is 0.799. The van der Waals surface area contributed by atoms with Crippen molar-refractivity contribution in [2.75, 3.05) is 6.54 Å². The van der Waals surface area contributed by atoms with Gasteiger partial charge in [-0.25, -0.2) is 0 Å². The molecule has 1 heterocycles. The fourth-order valence-electron chi connectivity index (χ4n) is 2.49. The van der Waals surface area contributed by atoms with Gasteiger partial charge in [0.1, 0.15) is 6.54 Å². The Hall–Kier alpha value is -1.77. The maximum Gasteiger partial charge on any atom is 0.101 e. The quantitative estimate of drug-likeness (QED) is 0.675. The number of aromatic amines is 1. The molecule has 20 heavy (non-hydrogen) atoms. The largest absolute Gasteiger partial charge is 0.361 e. The molecular weight excluding hydrogens is 268 g/mol. The van der Waals surface area contributed by atoms with Gasteiger partial charge in [-0.1, -0.05) is 41.9 Å². The van der Waals surface area contributed by atoms with Crippen LogP contribution in [0.15, 0.2) is 54.7 Å². The summed E-state index contributed by atoms with van der Waals surface area (Å²) in [6.07, 6.45) is 3.21. The minimum absolute atomic E-state index is 0.799. The smallest absolute Gasteiger partial charge is 0.101 e. The Morgan fingerprint density at radius 2 is 1.80 bits per heavy atom. The third-order valence-corrected chi connectivity index (χ3v) is 3.84. The molecule has 3 N–H and O–H groups in total. The molecule has 2 nitrogen and oxygen atoms in total. The Morgan fingerprint density at radius 3 is 2.65 bits per heavy atom. The highest BCUT2D eigenvalue weighted by Gasteiger charge is 2.03. The van der Waals surface area contributed by atoms with Gasteiger partial charge in [0, 0.05) is 34.1 Å². The standard InChI is InChI=1S/C17H17ClN2/c18-15-7-5-13(6-8-15)11-19-10-9-14-12-20-17-4-2-1-3-16(14)17/h1-8,12,19-20H,9-11H2/p+1. The van der Waals surface area contributed by atoms with Gasteiger partial charge in [0.2, 0.25) is 0 Å². The Kier molecular flexibility index (Phi) is 4.05. The lowest BCUT2D eigenvalue weighted by Crippen LogP contribution is -2.83. The van der Waals surface area contributed by atoms with E-state index in [1.807, 2.05) is 12.1 Å². The predicted octanol–water partition coefficient (Wildman–Crippen LogP) is 3.13. The molecule has 0 spiro atoms. The number of quaternary nitrogens is 1. The Morgan fingerprint density at radius 1 is 1.00 bits per heavy atom. The van der Waals surface area contributed by atoms with Gasteiger partial charge in [-0.05, 0) is 23.8 Å². The lowest BCUT2D eigenvalue weighted by Gasteiger charge is -2.02. The molecule has 0 aliphatic carbocycles. The minimum Gasteiger partial charge on any atom is -0.361 e. The van der Waals surface area contributed by atoms with Gasteiger partial charge < -0.3 is 10.3 Å². The Labute approximate surface area is 123 Å². The second-order valence-electron chi connectivity index (χ2n) is 5.02. The monoisotopic (exact) mass is 285 g/mol. The number of rotatable bonds is 5. The van der Waals surface area contributed by atoms with E-state index in [1.165, 1.54) is 22.0 Å². The van der Waals surface area contributed by atoms with Gasteiger partial charge >= 0.3 is 0 Å². The lowest BCUT2D eigenvalue weighted by atomic mass is 10.1. The van der Waals surface area contributed by atoms with Gasteiger partial charge in [0.25, 0.3) is 0 Å². The molecule has 0 atom stereocenters. The predicted molar refractivity (Wildman–Crippen MR) is 84.0 cm³/mol. The summed E-state index contributed by atoms with van der Waals surface area (Å²) in [7, 11) is 0. The zero-order chi connectivity index (χ0) is 13.8. The summed E-state index contributed by atoms with van der Waals surface area (Å²) >= 11 is 5.88. The van der Waals surface area contributed by atoms with E-state index in [1.54, 1.807) is 0 Å². The molecular formula is C17H18ClN2+. The van der Waals surface area contributed by atoms with Gasteiger partial charge in [-0.2, -0.15) is 0 Å². The number of hydrogen-bond acceptors (Lipinski definition) is 0. The number of benzene rings is 2. The number of nitrogens with one attached hydrogen (secondary N) is 1. The average molecular weight is 286 g/mol. The molecule has 0 saturated heterocycles. The molecule has 0 bridgehead atoms. The van der Waals surface area contributed by atoms with Crippen LogP contribution in [0.1, 0.15) is 11.1 Å². The molecule has 2 aromatic carbocycles. The molecule has 3 rings (SSSR count). The molecule has 3 heteroatoms. The first kappa shape index (κ1) is 13.2. The lowest BCUT2D eigenvalue weighted by molar-refractivity contribution is -0.670. The molecule has 0 aliphatic heterocycles. The van der Waals surface area contributed by atoms with E-state index >= 15 is 0 Å². The highest BCUT2D eigenvalue weighted by molar-refractivity contribution is 6.30. The van der Waals surface area contributed by atoms with E-state index in [-0.39, 0.29) is 0 Å². The Balaban J connectivity index is 1.54. The maximum atomic E-state index is 5.88. The molecule has 0 fully saturated rings. The van der Waals surface area contributed by atoms with Crippen molar-refractivity contribution in [2.45, 2.75) is 13.0 Å². The van der Waals surface area contributed by atoms with Crippen LogP contribution in [0.5, 0.6) is 0 Å². The molecule has 0 aliphatic rings. The number of halogens is 1. The molecule has 102 valence electrons. The number of H-pyrrole nitrogens is 1. The average Bonchev–Trinajstić information content (AvgIpc) is 2.89. The third-order valence-electron chi connectivity index (χ3n) is 3.59. The van der Waals surface area contributed by atoms with Gasteiger partial charge in [0.05, 0.1) is 6.54 Å². The topological polar surface area (TPSA) is 32.4 Å². The van der Waals surface area contributed by atoms with Crippen molar-refractivity contribution >= 4 is 22.5 Å². The van der Waals surface area contributed by atoms with Gasteiger partial charge in [-0.15, -0.1) is 0 Å². The van der Waals surface area contributed by atoms with Crippen LogP contribution in [0, 0.1) is 0 Å². The molecule has 0 radical (unpaired) electrons. The van der Waals surface area contributed by atoms with Crippen LogP contribution >= 0.6 is 11.6 Å². The summed E-state index contributed by atoms with van der Waals surface area (Å²) in [5.74, 6) is 0. The van der Waals surface area contributed by atoms with Crippen molar-refractivity contribution in [3.05, 3.63) is 70.9 Å². The summed E-state index contributed by atoms with van der Waals surface area (Å²) in [5, 5.41) is 4.48. The van der Waals surface area contributed by atoms with E-state index in [0.717, 1.165) is 24.5 Å². The van der Waals surface area contributed by atoms with Crippen molar-refractivity contribution < 1.29 is 5.32 Å². The first-order valence-electron chi connectivity index (χ1n) is 6.94. The van der Waals surface area contributed by atoms with Crippen molar-refractivity contribution in [1.29, 1.82) is 0 Å². The zero-order valence-corrected chi connectivity index (χ0v) is 12.0. The molecule has 0 amide bonds. The van der Waals surface area contributed by atoms with E-state index in [4.69, 9.17) is 11.6 Å². The fourth-order valence-corrected chi connectivity index (χ4v) is 2.61. The molecule has 3 aromatic rings. The highest BCUT2D eigenvalue weighted by atomic mass is 35.5. The van der Waals surface area contributed by atoms with E-state index in [9.17, 15) is 0 Å². The molecule has 1 aromatic heterocycles. The maximum absolute atomic E-state index is 5.88. The number of hydrogen-bond donors (Lipinski definition) is 2. The van der Waals surface area contributed by atoms with Crippen LogP contribution in [-0.2, 0) is 13.0 Å². The summed E-state index contributed by atoms with van der Waals surface area (Å²) in [6.45, 7) is 2.09.